The maximum atomic E-state index is 9.42. The number of aliphatic hydroxyl groups excluding tert-OH is 1. The van der Waals surface area contributed by atoms with Crippen LogP contribution in [-0.4, -0.2) is 56.6 Å². The normalized spacial score (nSPS) is 19.4. The molecule has 1 aliphatic rings. The third-order valence-corrected chi connectivity index (χ3v) is 4.06. The number of hydrogen-bond acceptors (Lipinski definition) is 5. The third kappa shape index (κ3) is 5.24. The summed E-state index contributed by atoms with van der Waals surface area (Å²) in [5, 5.41) is 10.1. The molecule has 0 spiro atoms. The van der Waals surface area contributed by atoms with Crippen molar-refractivity contribution >= 4 is 11.6 Å². The summed E-state index contributed by atoms with van der Waals surface area (Å²) >= 11 is 6.22. The first kappa shape index (κ1) is 18.3. The molecule has 1 aliphatic heterocycles. The van der Waals surface area contributed by atoms with Crippen LogP contribution in [0.25, 0.3) is 0 Å². The molecular weight excluding hydrogens is 318 g/mol. The molecule has 0 aliphatic carbocycles. The van der Waals surface area contributed by atoms with Crippen LogP contribution in [0.3, 0.4) is 0 Å². The Hall–Kier alpha value is -1.01. The fraction of sp³-hybridized carbons (Fsp3) is 0.647. The van der Waals surface area contributed by atoms with Crippen LogP contribution in [0.2, 0.25) is 5.02 Å². The van der Waals surface area contributed by atoms with Crippen molar-refractivity contribution in [3.63, 3.8) is 0 Å². The van der Waals surface area contributed by atoms with Crippen LogP contribution < -0.4 is 9.47 Å². The molecule has 2 rings (SSSR count). The summed E-state index contributed by atoms with van der Waals surface area (Å²) < 4.78 is 16.9. The number of rotatable bonds is 7. The van der Waals surface area contributed by atoms with Crippen LogP contribution in [0.15, 0.2) is 12.1 Å². The molecule has 0 bridgehead atoms. The molecule has 1 aromatic rings. The largest absolute Gasteiger partial charge is 0.493 e. The van der Waals surface area contributed by atoms with Crippen molar-refractivity contribution in [1.82, 2.24) is 4.90 Å². The van der Waals surface area contributed by atoms with Gasteiger partial charge in [-0.3, -0.25) is 4.90 Å². The summed E-state index contributed by atoms with van der Waals surface area (Å²) in [6.45, 7) is 6.40. The maximum absolute atomic E-state index is 9.42. The minimum Gasteiger partial charge on any atom is -0.493 e. The van der Waals surface area contributed by atoms with E-state index in [1.165, 1.54) is 0 Å². The highest BCUT2D eigenvalue weighted by atomic mass is 35.5. The third-order valence-electron chi connectivity index (χ3n) is 3.84. The van der Waals surface area contributed by atoms with Crippen molar-refractivity contribution in [3.05, 3.63) is 22.7 Å². The van der Waals surface area contributed by atoms with Crippen molar-refractivity contribution < 1.29 is 19.3 Å². The van der Waals surface area contributed by atoms with E-state index in [9.17, 15) is 5.11 Å². The Bertz CT molecular complexity index is 498. The average Bonchev–Trinajstić information content (AvgIpc) is 2.78. The average molecular weight is 344 g/mol. The van der Waals surface area contributed by atoms with E-state index in [2.05, 4.69) is 11.8 Å². The Morgan fingerprint density at radius 2 is 2.26 bits per heavy atom. The molecule has 0 unspecified atom stereocenters. The van der Waals surface area contributed by atoms with Gasteiger partial charge in [-0.05, 0) is 12.5 Å². The van der Waals surface area contributed by atoms with Gasteiger partial charge in [0.05, 0.1) is 26.9 Å². The van der Waals surface area contributed by atoms with Gasteiger partial charge < -0.3 is 19.3 Å². The van der Waals surface area contributed by atoms with E-state index in [-0.39, 0.29) is 12.5 Å². The molecule has 0 amide bonds. The van der Waals surface area contributed by atoms with Gasteiger partial charge in [-0.2, -0.15) is 0 Å². The summed E-state index contributed by atoms with van der Waals surface area (Å²) in [7, 11) is 1.62. The highest BCUT2D eigenvalue weighted by Gasteiger charge is 2.21. The smallest absolute Gasteiger partial charge is 0.165 e. The zero-order valence-corrected chi connectivity index (χ0v) is 14.6. The summed E-state index contributed by atoms with van der Waals surface area (Å²) in [4.78, 5) is 2.26. The Labute approximate surface area is 143 Å². The van der Waals surface area contributed by atoms with Gasteiger partial charge in [-0.25, -0.2) is 0 Å². The zero-order valence-electron chi connectivity index (χ0n) is 13.9. The Balaban J connectivity index is 2.20. The number of nitrogens with zero attached hydrogens (tertiary/aromatic N) is 1. The number of halogens is 1. The van der Waals surface area contributed by atoms with E-state index in [0.29, 0.717) is 37.1 Å². The topological polar surface area (TPSA) is 51.2 Å². The van der Waals surface area contributed by atoms with Crippen molar-refractivity contribution in [2.75, 3.05) is 46.6 Å². The van der Waals surface area contributed by atoms with Gasteiger partial charge in [0.25, 0.3) is 0 Å². The lowest BCUT2D eigenvalue weighted by molar-refractivity contribution is 0.0958. The molecular formula is C17H26ClNO4. The van der Waals surface area contributed by atoms with Gasteiger partial charge >= 0.3 is 0 Å². The molecule has 23 heavy (non-hydrogen) atoms. The fourth-order valence-electron chi connectivity index (χ4n) is 2.71. The molecule has 0 aromatic heterocycles. The highest BCUT2D eigenvalue weighted by Crippen LogP contribution is 2.35. The molecule has 0 saturated carbocycles. The second-order valence-electron chi connectivity index (χ2n) is 5.80. The van der Waals surface area contributed by atoms with Crippen molar-refractivity contribution in [3.8, 4) is 11.5 Å². The molecule has 1 atom stereocenters. The van der Waals surface area contributed by atoms with Crippen molar-refractivity contribution in [2.45, 2.75) is 19.9 Å². The van der Waals surface area contributed by atoms with Gasteiger partial charge in [0.15, 0.2) is 11.5 Å². The second kappa shape index (κ2) is 9.33. The van der Waals surface area contributed by atoms with Crippen LogP contribution >= 0.6 is 11.6 Å². The summed E-state index contributed by atoms with van der Waals surface area (Å²) in [6, 6.07) is 3.70. The molecule has 1 aromatic carbocycles. The molecule has 1 N–H and O–H groups in total. The first-order valence-electron chi connectivity index (χ1n) is 8.08. The van der Waals surface area contributed by atoms with Crippen LogP contribution in [0.5, 0.6) is 11.5 Å². The molecule has 6 heteroatoms. The Morgan fingerprint density at radius 1 is 1.43 bits per heavy atom. The van der Waals surface area contributed by atoms with Gasteiger partial charge in [0.1, 0.15) is 0 Å². The highest BCUT2D eigenvalue weighted by molar-refractivity contribution is 6.30. The lowest BCUT2D eigenvalue weighted by atomic mass is 10.1. The van der Waals surface area contributed by atoms with Crippen LogP contribution in [0, 0.1) is 5.92 Å². The van der Waals surface area contributed by atoms with Crippen LogP contribution in [0.4, 0.5) is 0 Å². The van der Waals surface area contributed by atoms with Gasteiger partial charge in [0, 0.05) is 48.8 Å². The van der Waals surface area contributed by atoms with Gasteiger partial charge in [-0.1, -0.05) is 18.5 Å². The van der Waals surface area contributed by atoms with E-state index in [4.69, 9.17) is 25.8 Å². The van der Waals surface area contributed by atoms with E-state index < -0.39 is 0 Å². The number of benzene rings is 1. The predicted molar refractivity (Wildman–Crippen MR) is 90.5 cm³/mol. The minimum absolute atomic E-state index is 0.133. The Kier molecular flexibility index (Phi) is 7.43. The minimum atomic E-state index is 0.133. The number of ether oxygens (including phenoxy) is 3. The van der Waals surface area contributed by atoms with Crippen molar-refractivity contribution in [2.24, 2.45) is 5.92 Å². The quantitative estimate of drug-likeness (QED) is 0.824. The second-order valence-corrected chi connectivity index (χ2v) is 6.24. The summed E-state index contributed by atoms with van der Waals surface area (Å²) in [6.07, 6.45) is 0.926. The SMILES string of the molecule is CCCOc1c(CN2CCOC[C@H](CO)C2)cc(Cl)cc1OC. The first-order valence-corrected chi connectivity index (χ1v) is 8.45. The molecule has 1 heterocycles. The van der Waals surface area contributed by atoms with Gasteiger partial charge in [0.2, 0.25) is 0 Å². The Morgan fingerprint density at radius 3 is 2.96 bits per heavy atom. The molecule has 5 nitrogen and oxygen atoms in total. The monoisotopic (exact) mass is 343 g/mol. The van der Waals surface area contributed by atoms with Crippen molar-refractivity contribution in [1.29, 1.82) is 0 Å². The lowest BCUT2D eigenvalue weighted by Gasteiger charge is -2.24. The van der Waals surface area contributed by atoms with Crippen LogP contribution in [-0.2, 0) is 11.3 Å². The van der Waals surface area contributed by atoms with E-state index in [0.717, 1.165) is 30.8 Å². The predicted octanol–water partition coefficient (Wildman–Crippen LogP) is 2.58. The van der Waals surface area contributed by atoms with E-state index in [1.807, 2.05) is 6.07 Å². The maximum Gasteiger partial charge on any atom is 0.165 e. The molecule has 1 saturated heterocycles. The van der Waals surface area contributed by atoms with Gasteiger partial charge in [-0.15, -0.1) is 0 Å². The lowest BCUT2D eigenvalue weighted by Crippen LogP contribution is -2.31. The van der Waals surface area contributed by atoms with E-state index in [1.54, 1.807) is 13.2 Å². The zero-order chi connectivity index (χ0) is 16.7. The summed E-state index contributed by atoms with van der Waals surface area (Å²) in [5.74, 6) is 1.55. The number of aliphatic hydroxyl groups is 1. The number of hydrogen-bond donors (Lipinski definition) is 1. The molecule has 0 radical (unpaired) electrons. The molecule has 1 fully saturated rings. The fourth-order valence-corrected chi connectivity index (χ4v) is 2.94. The molecule has 130 valence electrons. The summed E-state index contributed by atoms with van der Waals surface area (Å²) in [5.41, 5.74) is 1.00. The number of methoxy groups -OCH3 is 1. The standard InChI is InChI=1S/C17H26ClNO4/c1-3-5-23-17-14(7-15(18)8-16(17)21-2)10-19-4-6-22-12-13(9-19)11-20/h7-8,13,20H,3-6,9-12H2,1-2H3/t13-/m0/s1. The van der Waals surface area contributed by atoms with Crippen LogP contribution in [0.1, 0.15) is 18.9 Å². The van der Waals surface area contributed by atoms with E-state index >= 15 is 0 Å². The first-order chi connectivity index (χ1) is 11.2.